The van der Waals surface area contributed by atoms with Crippen molar-refractivity contribution in [1.82, 2.24) is 0 Å². The fraction of sp³-hybridized carbons (Fsp3) is 0. The summed E-state index contributed by atoms with van der Waals surface area (Å²) in [6.07, 6.45) is 0. The zero-order valence-corrected chi connectivity index (χ0v) is 80.1. The molecule has 0 spiro atoms. The van der Waals surface area contributed by atoms with Gasteiger partial charge in [-0.05, 0) is 321 Å². The molecule has 0 heterocycles. The monoisotopic (exact) mass is 1860 g/mol. The zero-order valence-electron chi connectivity index (χ0n) is 80.1. The number of nitrogens with zero attached hydrogens (tertiary/aromatic N) is 6. The molecule has 0 unspecified atom stereocenters. The molecule has 7 nitrogen and oxygen atoms in total. The molecule has 0 N–H and O–H groups in total. The first-order valence-electron chi connectivity index (χ1n) is 49.1. The Kier molecular flexibility index (Phi) is 28.6. The van der Waals surface area contributed by atoms with E-state index in [9.17, 15) is 0 Å². The second-order valence-electron chi connectivity index (χ2n) is 35.2. The van der Waals surface area contributed by atoms with Gasteiger partial charge in [-0.15, -0.1) is 0 Å². The Bertz CT molecular complexity index is 7580. The van der Waals surface area contributed by atoms with E-state index in [0.717, 1.165) is 114 Å². The van der Waals surface area contributed by atoms with Crippen molar-refractivity contribution in [2.45, 2.75) is 0 Å². The minimum absolute atomic E-state index is 0.772. The molecule has 145 heavy (non-hydrogen) atoms. The molecule has 23 rings (SSSR count). The van der Waals surface area contributed by atoms with Gasteiger partial charge < -0.3 is 34.1 Å². The SMILES string of the molecule is c1ccc(-c2ccc(N(c3ccc(-c4ccccc4)cc3)c3ccc(-c4ccc(N(c5ccccc5)c5ccccc5)cc4)cc3)cc2)cc1.c1ccc(-c2ccc(N(c3ccc(-c4ccccc4)cc3)c3ccc(N(c4ccccc4)c4ccccc4)cc3)cc2)cc1.c1ccc(-c2ccc(N(c3ccc(Oc4ccc(N(c5ccccc5)c5ccccc5)cc4)cc3)c3ccc(-c4ccccc4)cc3)cc2)cc1. The van der Waals surface area contributed by atoms with Crippen LogP contribution in [0.15, 0.2) is 631 Å². The van der Waals surface area contributed by atoms with Crippen LogP contribution >= 0.6 is 0 Å². The van der Waals surface area contributed by atoms with Crippen molar-refractivity contribution in [2.24, 2.45) is 0 Å². The van der Waals surface area contributed by atoms with Crippen molar-refractivity contribution in [3.05, 3.63) is 631 Å². The molecule has 0 atom stereocenters. The fourth-order valence-corrected chi connectivity index (χ4v) is 18.6. The Morgan fingerprint density at radius 3 is 0.276 bits per heavy atom. The van der Waals surface area contributed by atoms with Crippen molar-refractivity contribution in [2.75, 3.05) is 29.4 Å². The maximum absolute atomic E-state index is 6.36. The molecule has 0 aliphatic carbocycles. The molecule has 0 aromatic heterocycles. The Labute approximate surface area is 850 Å². The molecular formula is C138H104N6O. The summed E-state index contributed by atoms with van der Waals surface area (Å²) in [5, 5.41) is 0. The van der Waals surface area contributed by atoms with Crippen LogP contribution in [0.1, 0.15) is 0 Å². The smallest absolute Gasteiger partial charge is 0.127 e. The van der Waals surface area contributed by atoms with Crippen LogP contribution in [0.3, 0.4) is 0 Å². The van der Waals surface area contributed by atoms with Gasteiger partial charge in [-0.1, -0.05) is 388 Å². The minimum atomic E-state index is 0.772. The highest BCUT2D eigenvalue weighted by Crippen LogP contribution is 2.46. The van der Waals surface area contributed by atoms with Gasteiger partial charge >= 0.3 is 0 Å². The highest BCUT2D eigenvalue weighted by Gasteiger charge is 2.22. The lowest BCUT2D eigenvalue weighted by atomic mass is 10.0. The van der Waals surface area contributed by atoms with Crippen molar-refractivity contribution < 1.29 is 4.74 Å². The summed E-state index contributed by atoms with van der Waals surface area (Å²) in [7, 11) is 0. The first kappa shape index (κ1) is 92.0. The lowest BCUT2D eigenvalue weighted by molar-refractivity contribution is 0.483. The van der Waals surface area contributed by atoms with Crippen LogP contribution in [-0.2, 0) is 0 Å². The summed E-state index contributed by atoms with van der Waals surface area (Å²) >= 11 is 0. The van der Waals surface area contributed by atoms with E-state index < -0.39 is 0 Å². The van der Waals surface area contributed by atoms with Gasteiger partial charge in [-0.2, -0.15) is 0 Å². The number of hydrogen-bond acceptors (Lipinski definition) is 7. The number of benzene rings is 23. The quantitative estimate of drug-likeness (QED) is 0.0507. The van der Waals surface area contributed by atoms with Crippen molar-refractivity contribution >= 4 is 102 Å². The maximum Gasteiger partial charge on any atom is 0.127 e. The summed E-state index contributed by atoms with van der Waals surface area (Å²) < 4.78 is 6.36. The average molecular weight is 1860 g/mol. The Hall–Kier alpha value is -19.3. The van der Waals surface area contributed by atoms with Crippen LogP contribution in [0.25, 0.3) is 77.9 Å². The molecule has 0 radical (unpaired) electrons. The van der Waals surface area contributed by atoms with E-state index in [4.69, 9.17) is 4.74 Å². The molecule has 0 saturated heterocycles. The zero-order chi connectivity index (χ0) is 97.3. The average Bonchev–Trinajstić information content (AvgIpc) is 0.792. The molecular weight excluding hydrogens is 1760 g/mol. The molecule has 23 aromatic rings. The summed E-state index contributed by atoms with van der Waals surface area (Å²) in [6, 6.07) is 222. The predicted molar refractivity (Wildman–Crippen MR) is 612 cm³/mol. The Morgan fingerprint density at radius 1 is 0.0759 bits per heavy atom. The summed E-state index contributed by atoms with van der Waals surface area (Å²) in [5.74, 6) is 1.55. The summed E-state index contributed by atoms with van der Waals surface area (Å²) in [5.41, 5.74) is 36.5. The van der Waals surface area contributed by atoms with Crippen molar-refractivity contribution in [1.29, 1.82) is 0 Å². The van der Waals surface area contributed by atoms with E-state index >= 15 is 0 Å². The van der Waals surface area contributed by atoms with Gasteiger partial charge in [0.25, 0.3) is 0 Å². The Morgan fingerprint density at radius 2 is 0.159 bits per heavy atom. The fourth-order valence-electron chi connectivity index (χ4n) is 18.6. The molecule has 23 aromatic carbocycles. The normalized spacial score (nSPS) is 10.8. The van der Waals surface area contributed by atoms with E-state index in [2.05, 4.69) is 612 Å². The largest absolute Gasteiger partial charge is 0.457 e. The van der Waals surface area contributed by atoms with Crippen LogP contribution in [0.5, 0.6) is 11.5 Å². The number of hydrogen-bond donors (Lipinski definition) is 0. The van der Waals surface area contributed by atoms with E-state index in [1.165, 1.54) is 77.9 Å². The van der Waals surface area contributed by atoms with Crippen LogP contribution < -0.4 is 34.1 Å². The number of rotatable bonds is 27. The summed E-state index contributed by atoms with van der Waals surface area (Å²) in [4.78, 5) is 13.8. The predicted octanol–water partition coefficient (Wildman–Crippen LogP) is 39.3. The number of ether oxygens (including phenoxy) is 1. The maximum atomic E-state index is 6.36. The number of para-hydroxylation sites is 6. The van der Waals surface area contributed by atoms with Crippen LogP contribution in [0.4, 0.5) is 102 Å². The van der Waals surface area contributed by atoms with E-state index in [0.29, 0.717) is 0 Å². The number of anilines is 18. The molecule has 7 heteroatoms. The van der Waals surface area contributed by atoms with Crippen LogP contribution in [0, 0.1) is 0 Å². The lowest BCUT2D eigenvalue weighted by Gasteiger charge is -2.28. The van der Waals surface area contributed by atoms with Gasteiger partial charge in [0.15, 0.2) is 0 Å². The minimum Gasteiger partial charge on any atom is -0.457 e. The van der Waals surface area contributed by atoms with Gasteiger partial charge in [-0.3, -0.25) is 0 Å². The molecule has 692 valence electrons. The van der Waals surface area contributed by atoms with E-state index in [-0.39, 0.29) is 0 Å². The lowest BCUT2D eigenvalue weighted by Crippen LogP contribution is -2.12. The first-order chi connectivity index (χ1) is 71.9. The second-order valence-corrected chi connectivity index (χ2v) is 35.2. The third kappa shape index (κ3) is 22.2. The molecule has 0 bridgehead atoms. The topological polar surface area (TPSA) is 28.7 Å². The highest BCUT2D eigenvalue weighted by atomic mass is 16.5. The molecule has 0 amide bonds. The second kappa shape index (κ2) is 45.1. The van der Waals surface area contributed by atoms with Gasteiger partial charge in [0, 0.05) is 102 Å². The standard InChI is InChI=1S/C48H36N2O.C48H36N2.C42H32N2/c1-5-13-37(14-6-1)39-21-25-43(26-22-39)50(44-27-23-40(24-28-44)38-15-7-2-8-16-38)46-31-35-48(36-32-46)51-47-33-29-45(30-34-47)49(41-17-9-3-10-18-41)42-19-11-4-12-20-42;1-5-13-37(14-6-1)39-21-29-46(30-22-39)50(47-31-23-40(24-32-47)38-15-7-2-8-16-38)48-35-27-42(28-36-48)41-25-33-45(34-26-41)49(43-17-9-3-10-18-43)44-19-11-4-12-20-44;1-5-13-33(14-6-1)35-21-25-39(26-22-35)44(40-27-23-36(24-28-40)34-15-7-2-8-16-34)42-31-29-41(30-32-42)43(37-17-9-3-10-18-37)38-19-11-4-12-20-38/h1-36H;1-36H;1-32H. The van der Waals surface area contributed by atoms with Crippen LogP contribution in [0.2, 0.25) is 0 Å². The summed E-state index contributed by atoms with van der Waals surface area (Å²) in [6.45, 7) is 0. The van der Waals surface area contributed by atoms with Gasteiger partial charge in [0.05, 0.1) is 0 Å². The van der Waals surface area contributed by atoms with Crippen LogP contribution in [-0.4, -0.2) is 0 Å². The molecule has 0 saturated carbocycles. The van der Waals surface area contributed by atoms with Gasteiger partial charge in [0.2, 0.25) is 0 Å². The Balaban J connectivity index is 0.000000128. The van der Waals surface area contributed by atoms with Gasteiger partial charge in [-0.25, -0.2) is 0 Å². The molecule has 0 fully saturated rings. The third-order valence-electron chi connectivity index (χ3n) is 25.9. The third-order valence-corrected chi connectivity index (χ3v) is 25.9. The molecule has 0 aliphatic rings. The van der Waals surface area contributed by atoms with Crippen molar-refractivity contribution in [3.8, 4) is 89.4 Å². The van der Waals surface area contributed by atoms with Gasteiger partial charge in [0.1, 0.15) is 11.5 Å². The van der Waals surface area contributed by atoms with E-state index in [1.807, 2.05) is 48.5 Å². The first-order valence-corrected chi connectivity index (χ1v) is 49.1. The highest BCUT2D eigenvalue weighted by molar-refractivity contribution is 5.88. The molecule has 0 aliphatic heterocycles. The van der Waals surface area contributed by atoms with E-state index in [1.54, 1.807) is 0 Å². The van der Waals surface area contributed by atoms with Crippen molar-refractivity contribution in [3.63, 3.8) is 0 Å².